The number of rotatable bonds is 6. The number of hydrogen-bond donors (Lipinski definition) is 1. The van der Waals surface area contributed by atoms with Crippen LogP contribution in [0.4, 0.5) is 0 Å². The molecule has 186 valence electrons. The van der Waals surface area contributed by atoms with E-state index < -0.39 is 0 Å². The second kappa shape index (κ2) is 13.3. The van der Waals surface area contributed by atoms with Gasteiger partial charge in [-0.1, -0.05) is 11.6 Å². The molecule has 0 heterocycles. The number of carbonyl (C=O) groups is 1. The van der Waals surface area contributed by atoms with Crippen LogP contribution in [0.15, 0.2) is 64.3 Å². The quantitative estimate of drug-likeness (QED) is 0.307. The number of benzene rings is 1. The Kier molecular flexibility index (Phi) is 9.91. The number of allylic oxidation sites excluding steroid dienone is 8. The number of halogens is 2. The molecule has 2 fully saturated rings. The summed E-state index contributed by atoms with van der Waals surface area (Å²) in [6.07, 6.45) is 24.5. The Balaban J connectivity index is 1.20. The van der Waals surface area contributed by atoms with Crippen molar-refractivity contribution in [2.45, 2.75) is 73.9 Å². The number of alkyl halides is 1. The molecule has 1 amide bonds. The van der Waals surface area contributed by atoms with Gasteiger partial charge in [0.15, 0.2) is 0 Å². The van der Waals surface area contributed by atoms with Gasteiger partial charge in [-0.2, -0.15) is 5.26 Å². The zero-order valence-corrected chi connectivity index (χ0v) is 22.9. The van der Waals surface area contributed by atoms with Gasteiger partial charge in [-0.05, 0) is 12.1 Å². The van der Waals surface area contributed by atoms with Crippen molar-refractivity contribution in [1.82, 2.24) is 5.32 Å². The molecule has 0 saturated heterocycles. The van der Waals surface area contributed by atoms with Crippen LogP contribution in [0.5, 0.6) is 5.75 Å². The van der Waals surface area contributed by atoms with Gasteiger partial charge in [0.05, 0.1) is 10.6 Å². The average molecular weight is 604 g/mol. The van der Waals surface area contributed by atoms with Crippen molar-refractivity contribution in [2.75, 3.05) is 0 Å². The van der Waals surface area contributed by atoms with Gasteiger partial charge in [-0.3, -0.25) is 0 Å². The smallest absolute Gasteiger partial charge is 0.0620 e. The van der Waals surface area contributed by atoms with Gasteiger partial charge < -0.3 is 0 Å². The van der Waals surface area contributed by atoms with Crippen LogP contribution in [0.2, 0.25) is 5.02 Å². The van der Waals surface area contributed by atoms with Crippen LogP contribution in [0.25, 0.3) is 0 Å². The molecule has 6 heteroatoms. The number of nitrogens with zero attached hydrogens (tertiary/aromatic N) is 1. The number of nitriles is 1. The number of ether oxygens (including phenoxy) is 1. The maximum atomic E-state index is 13.1. The molecule has 4 rings (SSSR count). The summed E-state index contributed by atoms with van der Waals surface area (Å²) in [6, 6.07) is 7.53. The van der Waals surface area contributed by atoms with E-state index in [-0.39, 0.29) is 45.2 Å². The number of hydrogen-bond acceptors (Lipinski definition) is 3. The summed E-state index contributed by atoms with van der Waals surface area (Å²) in [5.74, 6) is 1.11. The molecule has 1 aromatic carbocycles. The molecule has 35 heavy (non-hydrogen) atoms. The summed E-state index contributed by atoms with van der Waals surface area (Å²) in [5, 5.41) is 12.8. The van der Waals surface area contributed by atoms with Gasteiger partial charge in [-0.15, -0.1) is 0 Å². The molecule has 1 N–H and O–H groups in total. The maximum absolute atomic E-state index is 13.1. The van der Waals surface area contributed by atoms with E-state index in [1.807, 2.05) is 0 Å². The minimum Gasteiger partial charge on any atom is -0.0828 e. The molecule has 0 radical (unpaired) electrons. The van der Waals surface area contributed by atoms with Crippen LogP contribution in [0.3, 0.4) is 0 Å². The molecule has 1 unspecified atom stereocenters. The Bertz CT molecular complexity index is 1050. The molecule has 0 bridgehead atoms. The summed E-state index contributed by atoms with van der Waals surface area (Å²) in [4.78, 5) is 13.1. The molecule has 3 aliphatic rings. The third-order valence-electron chi connectivity index (χ3n) is 6.89. The fourth-order valence-electron chi connectivity index (χ4n) is 4.92. The van der Waals surface area contributed by atoms with Gasteiger partial charge in [0, 0.05) is 6.07 Å². The molecule has 3 aliphatic carbocycles. The Morgan fingerprint density at radius 2 is 1.80 bits per heavy atom. The molecular formula is C29H33ClIN2O2-. The van der Waals surface area contributed by atoms with Gasteiger partial charge in [0.25, 0.3) is 0 Å². The van der Waals surface area contributed by atoms with E-state index in [1.54, 1.807) is 18.2 Å². The van der Waals surface area contributed by atoms with Crippen molar-refractivity contribution in [2.24, 2.45) is 5.92 Å². The fraction of sp³-hybridized carbons (Fsp3) is 0.448. The Hall–Kier alpha value is -2.04. The largest absolute Gasteiger partial charge is 0.0828 e. The Morgan fingerprint density at radius 1 is 1.00 bits per heavy atom. The van der Waals surface area contributed by atoms with E-state index in [4.69, 9.17) is 21.6 Å². The minimum absolute atomic E-state index is 0.0342. The van der Waals surface area contributed by atoms with Gasteiger partial charge in [0.1, 0.15) is 6.07 Å². The van der Waals surface area contributed by atoms with Crippen molar-refractivity contribution < 1.29 is 30.7 Å². The molecular weight excluding hydrogens is 571 g/mol. The molecule has 2 atom stereocenters. The second-order valence-corrected chi connectivity index (χ2v) is 13.5. The van der Waals surface area contributed by atoms with E-state index in [1.165, 1.54) is 16.4 Å². The van der Waals surface area contributed by atoms with Gasteiger partial charge in [0.2, 0.25) is 0 Å². The maximum Gasteiger partial charge on any atom is 0.0620 e. The summed E-state index contributed by atoms with van der Waals surface area (Å²) in [6.45, 7) is 0. The fourth-order valence-corrected chi connectivity index (χ4v) is 8.40. The number of nitrogens with one attached hydrogen (secondary N) is 1. The standard InChI is InChI=1S/C29H33ClIN2O2/c30-28-19-27(16-12-22(28)20-32)35-26-17-14-25(15-18-26)33-29(34)21-7-6-10-24(13-11-21)31-23-8-4-2-1-3-5-9-23/h1-5,8-9,12,16,19,21,24-26H,6-7,10-11,13-15,17-18H2,(H,33,34)/q-1/b2-1-,3-1?,4-2?,5-3-,8-4-,9-5?,23-8?,23-9+/t21-,24?,25?,26?/m1/s1. The van der Waals surface area contributed by atoms with Crippen LogP contribution >= 0.6 is 11.6 Å². The third kappa shape index (κ3) is 7.98. The third-order valence-corrected chi connectivity index (χ3v) is 10.8. The Morgan fingerprint density at radius 3 is 2.60 bits per heavy atom. The second-order valence-electron chi connectivity index (χ2n) is 9.45. The van der Waals surface area contributed by atoms with E-state index in [0.29, 0.717) is 16.3 Å². The summed E-state index contributed by atoms with van der Waals surface area (Å²) >= 11 is 6.09. The summed E-state index contributed by atoms with van der Waals surface area (Å²) < 4.78 is 8.34. The average Bonchev–Trinajstić information content (AvgIpc) is 3.08. The normalized spacial score (nSPS) is 30.9. The first-order valence-corrected chi connectivity index (χ1v) is 15.3. The molecule has 1 aromatic rings. The zero-order valence-electron chi connectivity index (χ0n) is 20.0. The zero-order chi connectivity index (χ0) is 24.5. The minimum atomic E-state index is -0.0342. The first kappa shape index (κ1) is 26.0. The van der Waals surface area contributed by atoms with Crippen molar-refractivity contribution >= 4 is 17.5 Å². The molecule has 0 spiro atoms. The van der Waals surface area contributed by atoms with Crippen molar-refractivity contribution in [3.63, 3.8) is 0 Å². The van der Waals surface area contributed by atoms with Gasteiger partial charge >= 0.3 is 174 Å². The predicted octanol–water partition coefficient (Wildman–Crippen LogP) is 3.62. The van der Waals surface area contributed by atoms with Crippen LogP contribution in [0.1, 0.15) is 63.4 Å². The molecule has 0 aliphatic heterocycles. The number of carbonyl (C=O) groups excluding carboxylic acids is 1. The van der Waals surface area contributed by atoms with E-state index >= 15 is 0 Å². The van der Waals surface area contributed by atoms with E-state index in [9.17, 15) is 4.79 Å². The summed E-state index contributed by atoms with van der Waals surface area (Å²) in [7, 11) is 0. The van der Waals surface area contributed by atoms with Crippen molar-refractivity contribution in [1.29, 1.82) is 5.26 Å². The first-order valence-electron chi connectivity index (χ1n) is 12.6. The van der Waals surface area contributed by atoms with Crippen LogP contribution in [0, 0.1) is 17.2 Å². The van der Waals surface area contributed by atoms with E-state index in [0.717, 1.165) is 48.9 Å². The first-order chi connectivity index (χ1) is 17.1. The molecule has 2 saturated carbocycles. The topological polar surface area (TPSA) is 62.1 Å². The van der Waals surface area contributed by atoms with Crippen molar-refractivity contribution in [3.8, 4) is 11.8 Å². The SMILES string of the molecule is N#Cc1ccc(OC2CCC(NC(=O)[C@@H]3CCCC([I-]C4=C/C=C\C=C/C=C\4)CC3)CC2)cc1Cl. The van der Waals surface area contributed by atoms with E-state index in [2.05, 4.69) is 53.9 Å². The Labute approximate surface area is 224 Å². The van der Waals surface area contributed by atoms with Crippen LogP contribution in [-0.2, 0) is 4.79 Å². The number of amides is 1. The van der Waals surface area contributed by atoms with Gasteiger partial charge in [-0.25, -0.2) is 0 Å². The molecule has 4 nitrogen and oxygen atoms in total. The summed E-state index contributed by atoms with van der Waals surface area (Å²) in [5.41, 5.74) is 0.459. The monoisotopic (exact) mass is 603 g/mol. The molecule has 0 aromatic heterocycles. The van der Waals surface area contributed by atoms with Crippen molar-refractivity contribution in [3.05, 3.63) is 74.9 Å². The predicted molar refractivity (Wildman–Crippen MR) is 137 cm³/mol. The van der Waals surface area contributed by atoms with Crippen LogP contribution < -0.4 is 31.3 Å². The van der Waals surface area contributed by atoms with Crippen LogP contribution in [-0.4, -0.2) is 22.0 Å².